The van der Waals surface area contributed by atoms with E-state index >= 15 is 0 Å². The van der Waals surface area contributed by atoms with E-state index in [2.05, 4.69) is 15.9 Å². The highest BCUT2D eigenvalue weighted by molar-refractivity contribution is 5.81. The molecule has 2 heterocycles. The van der Waals surface area contributed by atoms with E-state index < -0.39 is 5.60 Å². The van der Waals surface area contributed by atoms with Crippen molar-refractivity contribution in [1.82, 2.24) is 4.90 Å². The molecule has 1 saturated heterocycles. The smallest absolute Gasteiger partial charge is 0.147 e. The Kier molecular flexibility index (Phi) is 5.26. The van der Waals surface area contributed by atoms with Crippen molar-refractivity contribution in [2.24, 2.45) is 23.2 Å². The summed E-state index contributed by atoms with van der Waals surface area (Å²) in [5.74, 6) is 4.08. The first-order valence-corrected chi connectivity index (χ1v) is 12.9. The second-order valence-electron chi connectivity index (χ2n) is 11.9. The molecule has 0 radical (unpaired) electrons. The fraction of sp³-hybridized carbons (Fsp3) is 0.741. The standard InChI is InChI=1S/C27H38N2O3/c30-23(17-26-14-20-11-21(15-26)13-22(12-20)16-26)18-28-7-5-27(31,6-8-28)19-29-9-10-32-25-4-2-1-3-24(25)29/h1-4,20-22,31H,5-19H2. The Hall–Kier alpha value is -1.59. The minimum Gasteiger partial charge on any atom is -0.490 e. The van der Waals surface area contributed by atoms with E-state index in [0.717, 1.165) is 68.1 Å². The summed E-state index contributed by atoms with van der Waals surface area (Å²) in [6.07, 6.45) is 10.5. The number of ketones is 1. The summed E-state index contributed by atoms with van der Waals surface area (Å²) in [6.45, 7) is 4.33. The lowest BCUT2D eigenvalue weighted by molar-refractivity contribution is -0.129. The van der Waals surface area contributed by atoms with Crippen LogP contribution in [0.4, 0.5) is 5.69 Å². The number of piperidine rings is 1. The van der Waals surface area contributed by atoms with Gasteiger partial charge in [-0.2, -0.15) is 0 Å². The van der Waals surface area contributed by atoms with Crippen molar-refractivity contribution in [2.45, 2.75) is 63.4 Å². The third-order valence-corrected chi connectivity index (χ3v) is 9.23. The van der Waals surface area contributed by atoms with Gasteiger partial charge < -0.3 is 14.7 Å². The van der Waals surface area contributed by atoms with Crippen LogP contribution >= 0.6 is 0 Å². The molecule has 174 valence electrons. The van der Waals surface area contributed by atoms with Gasteiger partial charge in [0.25, 0.3) is 0 Å². The molecule has 5 fully saturated rings. The number of likely N-dealkylation sites (tertiary alicyclic amines) is 1. The number of anilines is 1. The van der Waals surface area contributed by atoms with Crippen molar-refractivity contribution in [3.63, 3.8) is 0 Å². The first-order chi connectivity index (χ1) is 15.5. The number of fused-ring (bicyclic) bond motifs is 1. The SMILES string of the molecule is O=C(CN1CCC(O)(CN2CCOc3ccccc32)CC1)CC12CC3CC(CC(C3)C1)C2. The lowest BCUT2D eigenvalue weighted by Gasteiger charge is -2.56. The van der Waals surface area contributed by atoms with Crippen molar-refractivity contribution in [3.8, 4) is 5.75 Å². The third kappa shape index (κ3) is 4.07. The van der Waals surface area contributed by atoms with E-state index in [4.69, 9.17) is 4.74 Å². The van der Waals surface area contributed by atoms with E-state index in [1.54, 1.807) is 0 Å². The number of hydrogen-bond donors (Lipinski definition) is 1. The second-order valence-corrected chi connectivity index (χ2v) is 11.9. The van der Waals surface area contributed by atoms with Crippen molar-refractivity contribution in [2.75, 3.05) is 44.2 Å². The van der Waals surface area contributed by atoms with Gasteiger partial charge in [-0.3, -0.25) is 9.69 Å². The molecule has 4 bridgehead atoms. The Morgan fingerprint density at radius 1 is 1.00 bits per heavy atom. The number of rotatable bonds is 6. The summed E-state index contributed by atoms with van der Waals surface area (Å²) in [5.41, 5.74) is 0.732. The van der Waals surface area contributed by atoms with E-state index in [0.29, 0.717) is 30.9 Å². The molecular weight excluding hydrogens is 400 g/mol. The Bertz CT molecular complexity index is 825. The number of nitrogens with zero attached hydrogens (tertiary/aromatic N) is 2. The monoisotopic (exact) mass is 438 g/mol. The largest absolute Gasteiger partial charge is 0.490 e. The van der Waals surface area contributed by atoms with Gasteiger partial charge in [0.05, 0.1) is 24.4 Å². The predicted octanol–water partition coefficient (Wildman–Crippen LogP) is 3.89. The highest BCUT2D eigenvalue weighted by Crippen LogP contribution is 2.61. The van der Waals surface area contributed by atoms with Gasteiger partial charge in [-0.25, -0.2) is 0 Å². The Balaban J connectivity index is 1.02. The number of ether oxygens (including phenoxy) is 1. The first-order valence-electron chi connectivity index (χ1n) is 12.9. The van der Waals surface area contributed by atoms with Crippen LogP contribution in [0.15, 0.2) is 24.3 Å². The van der Waals surface area contributed by atoms with Gasteiger partial charge in [-0.1, -0.05) is 12.1 Å². The highest BCUT2D eigenvalue weighted by Gasteiger charge is 2.51. The number of hydrogen-bond acceptors (Lipinski definition) is 5. The van der Waals surface area contributed by atoms with Crippen LogP contribution in [0.2, 0.25) is 0 Å². The molecular formula is C27H38N2O3. The van der Waals surface area contributed by atoms with Crippen LogP contribution in [-0.4, -0.2) is 60.7 Å². The molecule has 0 unspecified atom stereocenters. The average Bonchev–Trinajstić information content (AvgIpc) is 2.74. The van der Waals surface area contributed by atoms with Crippen molar-refractivity contribution in [3.05, 3.63) is 24.3 Å². The number of carbonyl (C=O) groups excluding carboxylic acids is 1. The number of carbonyl (C=O) groups is 1. The predicted molar refractivity (Wildman–Crippen MR) is 125 cm³/mol. The molecule has 32 heavy (non-hydrogen) atoms. The molecule has 1 aromatic rings. The van der Waals surface area contributed by atoms with Crippen LogP contribution in [0.5, 0.6) is 5.75 Å². The van der Waals surface area contributed by atoms with Gasteiger partial charge in [0.2, 0.25) is 0 Å². The Morgan fingerprint density at radius 3 is 2.34 bits per heavy atom. The summed E-state index contributed by atoms with van der Waals surface area (Å²) in [6, 6.07) is 8.11. The number of β-amino-alcohol motifs (C(OH)–C–C–N with tert-alkyl or cyclic N) is 1. The summed E-state index contributed by atoms with van der Waals surface area (Å²) >= 11 is 0. The molecule has 0 aromatic heterocycles. The number of benzene rings is 1. The van der Waals surface area contributed by atoms with Crippen molar-refractivity contribution >= 4 is 11.5 Å². The van der Waals surface area contributed by atoms with Crippen LogP contribution in [-0.2, 0) is 4.79 Å². The van der Waals surface area contributed by atoms with Gasteiger partial charge in [0.1, 0.15) is 18.1 Å². The Morgan fingerprint density at radius 2 is 1.66 bits per heavy atom. The zero-order valence-corrected chi connectivity index (χ0v) is 19.3. The van der Waals surface area contributed by atoms with E-state index in [-0.39, 0.29) is 0 Å². The van der Waals surface area contributed by atoms with E-state index in [1.807, 2.05) is 18.2 Å². The topological polar surface area (TPSA) is 53.0 Å². The van der Waals surface area contributed by atoms with Gasteiger partial charge >= 0.3 is 0 Å². The van der Waals surface area contributed by atoms with Crippen LogP contribution in [0.25, 0.3) is 0 Å². The molecule has 5 nitrogen and oxygen atoms in total. The molecule has 5 heteroatoms. The molecule has 6 aliphatic rings. The Labute approximate surface area is 192 Å². The second kappa shape index (κ2) is 8.02. The maximum absolute atomic E-state index is 13.1. The molecule has 0 spiro atoms. The molecule has 1 aromatic carbocycles. The number of Topliss-reactive ketones (excluding diaryl/α,β-unsaturated/α-hetero) is 1. The average molecular weight is 439 g/mol. The molecule has 2 aliphatic heterocycles. The maximum Gasteiger partial charge on any atom is 0.147 e. The lowest BCUT2D eigenvalue weighted by Crippen LogP contribution is -2.53. The van der Waals surface area contributed by atoms with Gasteiger partial charge in [-0.15, -0.1) is 0 Å². The molecule has 1 N–H and O–H groups in total. The van der Waals surface area contributed by atoms with Gasteiger partial charge in [-0.05, 0) is 86.7 Å². The summed E-state index contributed by atoms with van der Waals surface area (Å²) < 4.78 is 5.77. The van der Waals surface area contributed by atoms with Crippen LogP contribution < -0.4 is 9.64 Å². The van der Waals surface area contributed by atoms with Gasteiger partial charge in [0, 0.05) is 26.1 Å². The third-order valence-electron chi connectivity index (χ3n) is 9.23. The summed E-state index contributed by atoms with van der Waals surface area (Å²) in [7, 11) is 0. The molecule has 4 saturated carbocycles. The fourth-order valence-electron chi connectivity index (χ4n) is 8.26. The van der Waals surface area contributed by atoms with Gasteiger partial charge in [0.15, 0.2) is 0 Å². The normalized spacial score (nSPS) is 35.4. The van der Waals surface area contributed by atoms with Crippen molar-refractivity contribution < 1.29 is 14.6 Å². The minimum atomic E-state index is -0.691. The van der Waals surface area contributed by atoms with Crippen LogP contribution in [0.1, 0.15) is 57.8 Å². The zero-order valence-electron chi connectivity index (χ0n) is 19.3. The van der Waals surface area contributed by atoms with E-state index in [9.17, 15) is 9.90 Å². The van der Waals surface area contributed by atoms with Crippen LogP contribution in [0.3, 0.4) is 0 Å². The quantitative estimate of drug-likeness (QED) is 0.730. The van der Waals surface area contributed by atoms with E-state index in [1.165, 1.54) is 38.5 Å². The zero-order chi connectivity index (χ0) is 21.8. The number of para-hydroxylation sites is 2. The summed E-state index contributed by atoms with van der Waals surface area (Å²) in [5, 5.41) is 11.3. The van der Waals surface area contributed by atoms with Crippen molar-refractivity contribution in [1.29, 1.82) is 0 Å². The highest BCUT2D eigenvalue weighted by atomic mass is 16.5. The first kappa shape index (κ1) is 21.0. The molecule has 0 amide bonds. The molecule has 0 atom stereocenters. The van der Waals surface area contributed by atoms with Crippen LogP contribution in [0, 0.1) is 23.2 Å². The molecule has 4 aliphatic carbocycles. The fourth-order valence-corrected chi connectivity index (χ4v) is 8.26. The maximum atomic E-state index is 13.1. The summed E-state index contributed by atoms with van der Waals surface area (Å²) in [4.78, 5) is 17.7. The molecule has 7 rings (SSSR count). The number of aliphatic hydroxyl groups is 1. The lowest BCUT2D eigenvalue weighted by atomic mass is 9.48. The minimum absolute atomic E-state index is 0.339.